The molecule has 0 radical (unpaired) electrons. The molecule has 2 aromatic carbocycles. The zero-order valence-electron chi connectivity index (χ0n) is 15.5. The van der Waals surface area contributed by atoms with Crippen LogP contribution in [-0.4, -0.2) is 52.2 Å². The highest BCUT2D eigenvalue weighted by molar-refractivity contribution is 5.42. The van der Waals surface area contributed by atoms with Gasteiger partial charge < -0.3 is 29.4 Å². The Labute approximate surface area is 154 Å². The van der Waals surface area contributed by atoms with Crippen LogP contribution in [0.1, 0.15) is 5.56 Å². The molecule has 1 unspecified atom stereocenters. The van der Waals surface area contributed by atoms with Gasteiger partial charge in [-0.2, -0.15) is 0 Å². The summed E-state index contributed by atoms with van der Waals surface area (Å²) in [5.74, 6) is 2.91. The van der Waals surface area contributed by atoms with E-state index in [-0.39, 0.29) is 6.61 Å². The Morgan fingerprint density at radius 3 is 2.23 bits per heavy atom. The summed E-state index contributed by atoms with van der Waals surface area (Å²) in [6.45, 7) is 1.44. The molecule has 6 heteroatoms. The lowest BCUT2D eigenvalue weighted by Crippen LogP contribution is -2.32. The van der Waals surface area contributed by atoms with Crippen molar-refractivity contribution in [3.8, 4) is 23.0 Å². The summed E-state index contributed by atoms with van der Waals surface area (Å²) in [4.78, 5) is 0. The molecule has 0 heterocycles. The van der Waals surface area contributed by atoms with Crippen molar-refractivity contribution in [2.45, 2.75) is 12.5 Å². The van der Waals surface area contributed by atoms with Crippen LogP contribution in [0.25, 0.3) is 0 Å². The third kappa shape index (κ3) is 6.13. The van der Waals surface area contributed by atoms with Gasteiger partial charge in [0.05, 0.1) is 21.3 Å². The quantitative estimate of drug-likeness (QED) is 0.599. The average molecular weight is 361 g/mol. The largest absolute Gasteiger partial charge is 0.497 e. The van der Waals surface area contributed by atoms with Gasteiger partial charge in [0.1, 0.15) is 24.2 Å². The molecule has 0 aliphatic carbocycles. The van der Waals surface area contributed by atoms with Crippen molar-refractivity contribution in [1.82, 2.24) is 5.32 Å². The zero-order valence-corrected chi connectivity index (χ0v) is 15.5. The topological polar surface area (TPSA) is 69.2 Å². The Bertz CT molecular complexity index is 660. The minimum Gasteiger partial charge on any atom is -0.497 e. The van der Waals surface area contributed by atoms with Crippen LogP contribution in [0.4, 0.5) is 0 Å². The molecule has 0 aliphatic heterocycles. The zero-order chi connectivity index (χ0) is 18.8. The molecular weight excluding hydrogens is 334 g/mol. The second-order valence-corrected chi connectivity index (χ2v) is 5.78. The molecule has 0 amide bonds. The van der Waals surface area contributed by atoms with Gasteiger partial charge in [0.25, 0.3) is 0 Å². The molecule has 6 nitrogen and oxygen atoms in total. The maximum absolute atomic E-state index is 10.0. The maximum Gasteiger partial charge on any atom is 0.160 e. The molecular formula is C20H27NO5. The lowest BCUT2D eigenvalue weighted by molar-refractivity contribution is 0.106. The third-order valence-corrected chi connectivity index (χ3v) is 3.92. The lowest BCUT2D eigenvalue weighted by atomic mass is 10.1. The fourth-order valence-electron chi connectivity index (χ4n) is 2.46. The number of ether oxygens (including phenoxy) is 4. The molecule has 0 aliphatic rings. The van der Waals surface area contributed by atoms with Gasteiger partial charge in [-0.3, -0.25) is 0 Å². The lowest BCUT2D eigenvalue weighted by Gasteiger charge is -2.14. The first kappa shape index (κ1) is 19.9. The Balaban J connectivity index is 1.67. The maximum atomic E-state index is 10.0. The van der Waals surface area contributed by atoms with Crippen molar-refractivity contribution in [2.24, 2.45) is 0 Å². The molecule has 26 heavy (non-hydrogen) atoms. The molecule has 0 spiro atoms. The molecule has 0 aromatic heterocycles. The fraction of sp³-hybridized carbons (Fsp3) is 0.400. The minimum atomic E-state index is -0.581. The molecule has 142 valence electrons. The smallest absolute Gasteiger partial charge is 0.160 e. The standard InChI is InChI=1S/C20H27NO5/c1-23-17-5-7-18(8-6-17)26-14-16(22)13-21-11-10-15-4-9-19(24-2)20(12-15)25-3/h4-9,12,16,21-22H,10-11,13-14H2,1-3H3. The second-order valence-electron chi connectivity index (χ2n) is 5.78. The van der Waals surface area contributed by atoms with Crippen LogP contribution in [0.3, 0.4) is 0 Å². The summed E-state index contributed by atoms with van der Waals surface area (Å²) in [5, 5.41) is 13.2. The van der Waals surface area contributed by atoms with E-state index in [4.69, 9.17) is 18.9 Å². The van der Waals surface area contributed by atoms with Crippen molar-refractivity contribution in [3.63, 3.8) is 0 Å². The second kappa shape index (κ2) is 10.5. The summed E-state index contributed by atoms with van der Waals surface area (Å²) in [6, 6.07) is 13.1. The highest BCUT2D eigenvalue weighted by atomic mass is 16.5. The Morgan fingerprint density at radius 1 is 0.885 bits per heavy atom. The van der Waals surface area contributed by atoms with E-state index in [2.05, 4.69) is 5.32 Å². The average Bonchev–Trinajstić information content (AvgIpc) is 2.69. The van der Waals surface area contributed by atoms with Gasteiger partial charge in [0, 0.05) is 6.54 Å². The molecule has 1 atom stereocenters. The monoisotopic (exact) mass is 361 g/mol. The predicted molar refractivity (Wildman–Crippen MR) is 101 cm³/mol. The summed E-state index contributed by atoms with van der Waals surface area (Å²) < 4.78 is 21.2. The van der Waals surface area contributed by atoms with E-state index < -0.39 is 6.10 Å². The van der Waals surface area contributed by atoms with Crippen molar-refractivity contribution >= 4 is 0 Å². The van der Waals surface area contributed by atoms with Crippen LogP contribution in [-0.2, 0) is 6.42 Å². The summed E-state index contributed by atoms with van der Waals surface area (Å²) >= 11 is 0. The third-order valence-electron chi connectivity index (χ3n) is 3.92. The molecule has 0 bridgehead atoms. The molecule has 0 saturated heterocycles. The molecule has 2 N–H and O–H groups in total. The summed E-state index contributed by atoms with van der Waals surface area (Å²) in [5.41, 5.74) is 1.14. The van der Waals surface area contributed by atoms with E-state index in [1.807, 2.05) is 42.5 Å². The van der Waals surface area contributed by atoms with E-state index in [0.717, 1.165) is 35.8 Å². The molecule has 2 rings (SSSR count). The first-order chi connectivity index (χ1) is 12.7. The first-order valence-corrected chi connectivity index (χ1v) is 8.52. The first-order valence-electron chi connectivity index (χ1n) is 8.52. The Hall–Kier alpha value is -2.44. The van der Waals surface area contributed by atoms with Gasteiger partial charge >= 0.3 is 0 Å². The van der Waals surface area contributed by atoms with E-state index in [1.165, 1.54) is 0 Å². The number of methoxy groups -OCH3 is 3. The number of nitrogens with one attached hydrogen (secondary N) is 1. The Morgan fingerprint density at radius 2 is 1.58 bits per heavy atom. The van der Waals surface area contributed by atoms with Crippen LogP contribution in [0.5, 0.6) is 23.0 Å². The van der Waals surface area contributed by atoms with Crippen LogP contribution in [0.15, 0.2) is 42.5 Å². The van der Waals surface area contributed by atoms with Crippen LogP contribution < -0.4 is 24.3 Å². The Kier molecular flexibility index (Phi) is 8.05. The van der Waals surface area contributed by atoms with Gasteiger partial charge in [0.2, 0.25) is 0 Å². The van der Waals surface area contributed by atoms with Crippen molar-refractivity contribution in [1.29, 1.82) is 0 Å². The number of hydrogen-bond acceptors (Lipinski definition) is 6. The summed E-state index contributed by atoms with van der Waals surface area (Å²) in [6.07, 6.45) is 0.245. The number of benzene rings is 2. The molecule has 0 saturated carbocycles. The fourth-order valence-corrected chi connectivity index (χ4v) is 2.46. The van der Waals surface area contributed by atoms with Crippen LogP contribution >= 0.6 is 0 Å². The number of rotatable bonds is 11. The summed E-state index contributed by atoms with van der Waals surface area (Å²) in [7, 11) is 4.86. The van der Waals surface area contributed by atoms with Crippen molar-refractivity contribution < 1.29 is 24.1 Å². The molecule has 0 fully saturated rings. The van der Waals surface area contributed by atoms with E-state index in [0.29, 0.717) is 12.3 Å². The SMILES string of the molecule is COc1ccc(OCC(O)CNCCc2ccc(OC)c(OC)c2)cc1. The van der Waals surface area contributed by atoms with Gasteiger partial charge in [-0.1, -0.05) is 6.07 Å². The molecule has 2 aromatic rings. The predicted octanol–water partition coefficient (Wildman–Crippen LogP) is 2.28. The number of hydrogen-bond donors (Lipinski definition) is 2. The van der Waals surface area contributed by atoms with E-state index in [1.54, 1.807) is 21.3 Å². The van der Waals surface area contributed by atoms with E-state index >= 15 is 0 Å². The number of aliphatic hydroxyl groups excluding tert-OH is 1. The van der Waals surface area contributed by atoms with Crippen LogP contribution in [0.2, 0.25) is 0 Å². The van der Waals surface area contributed by atoms with Crippen molar-refractivity contribution in [2.75, 3.05) is 41.0 Å². The normalized spacial score (nSPS) is 11.7. The highest BCUT2D eigenvalue weighted by Crippen LogP contribution is 2.27. The minimum absolute atomic E-state index is 0.232. The van der Waals surface area contributed by atoms with Gasteiger partial charge in [-0.05, 0) is 54.9 Å². The number of aliphatic hydroxyl groups is 1. The van der Waals surface area contributed by atoms with Gasteiger partial charge in [-0.25, -0.2) is 0 Å². The van der Waals surface area contributed by atoms with Gasteiger partial charge in [-0.15, -0.1) is 0 Å². The highest BCUT2D eigenvalue weighted by Gasteiger charge is 2.07. The van der Waals surface area contributed by atoms with Crippen LogP contribution in [0, 0.1) is 0 Å². The van der Waals surface area contributed by atoms with E-state index in [9.17, 15) is 5.11 Å². The van der Waals surface area contributed by atoms with Crippen molar-refractivity contribution in [3.05, 3.63) is 48.0 Å². The van der Waals surface area contributed by atoms with Gasteiger partial charge in [0.15, 0.2) is 11.5 Å².